The van der Waals surface area contributed by atoms with E-state index in [0.717, 1.165) is 36.6 Å². The van der Waals surface area contributed by atoms with E-state index < -0.39 is 0 Å². The molecule has 5 nitrogen and oxygen atoms in total. The lowest BCUT2D eigenvalue weighted by atomic mass is 10.1. The highest BCUT2D eigenvalue weighted by Crippen LogP contribution is 2.35. The monoisotopic (exact) mass is 307 g/mol. The van der Waals surface area contributed by atoms with Crippen LogP contribution in [0, 0.1) is 13.8 Å². The fraction of sp³-hybridized carbons (Fsp3) is 0.600. The van der Waals surface area contributed by atoms with Crippen molar-refractivity contribution in [2.24, 2.45) is 0 Å². The molecule has 0 atom stereocenters. The number of nitrogens with zero attached hydrogens (tertiary/aromatic N) is 3. The SMILES string of the molecule is Cc1sc2ncnc(N3CCC(OCCO)CC3)c2c1C. The molecule has 0 spiro atoms. The summed E-state index contributed by atoms with van der Waals surface area (Å²) in [7, 11) is 0. The van der Waals surface area contributed by atoms with Crippen molar-refractivity contribution >= 4 is 27.4 Å². The first kappa shape index (κ1) is 14.7. The van der Waals surface area contributed by atoms with Crippen LogP contribution in [0.4, 0.5) is 5.82 Å². The third kappa shape index (κ3) is 2.88. The molecule has 0 unspecified atom stereocenters. The molecule has 1 aliphatic rings. The molecule has 1 N–H and O–H groups in total. The van der Waals surface area contributed by atoms with E-state index in [1.165, 1.54) is 15.8 Å². The maximum Gasteiger partial charge on any atom is 0.141 e. The van der Waals surface area contributed by atoms with E-state index in [1.54, 1.807) is 17.7 Å². The molecular weight excluding hydrogens is 286 g/mol. The molecule has 2 aromatic rings. The van der Waals surface area contributed by atoms with E-state index in [9.17, 15) is 0 Å². The van der Waals surface area contributed by atoms with Crippen LogP contribution in [0.2, 0.25) is 0 Å². The Morgan fingerprint density at radius 1 is 1.33 bits per heavy atom. The van der Waals surface area contributed by atoms with Crippen molar-refractivity contribution < 1.29 is 9.84 Å². The smallest absolute Gasteiger partial charge is 0.141 e. The molecule has 0 aliphatic carbocycles. The normalized spacial score (nSPS) is 16.8. The van der Waals surface area contributed by atoms with Crippen molar-refractivity contribution in [2.75, 3.05) is 31.2 Å². The summed E-state index contributed by atoms with van der Waals surface area (Å²) in [5.74, 6) is 1.06. The van der Waals surface area contributed by atoms with Crippen LogP contribution >= 0.6 is 11.3 Å². The zero-order valence-corrected chi connectivity index (χ0v) is 13.3. The van der Waals surface area contributed by atoms with Crippen LogP contribution in [-0.4, -0.2) is 47.5 Å². The van der Waals surface area contributed by atoms with Crippen molar-refractivity contribution in [1.29, 1.82) is 0 Å². The summed E-state index contributed by atoms with van der Waals surface area (Å²) in [5.41, 5.74) is 1.30. The Morgan fingerprint density at radius 3 is 2.81 bits per heavy atom. The molecule has 0 saturated carbocycles. The molecule has 1 fully saturated rings. The Balaban J connectivity index is 1.79. The fourth-order valence-corrected chi connectivity index (χ4v) is 3.85. The van der Waals surface area contributed by atoms with Crippen molar-refractivity contribution in [3.63, 3.8) is 0 Å². The maximum absolute atomic E-state index is 8.83. The van der Waals surface area contributed by atoms with E-state index in [-0.39, 0.29) is 12.7 Å². The zero-order valence-electron chi connectivity index (χ0n) is 12.5. The minimum Gasteiger partial charge on any atom is -0.394 e. The first-order valence-electron chi connectivity index (χ1n) is 7.39. The van der Waals surface area contributed by atoms with E-state index in [4.69, 9.17) is 9.84 Å². The lowest BCUT2D eigenvalue weighted by molar-refractivity contribution is 0.0158. The lowest BCUT2D eigenvalue weighted by Gasteiger charge is -2.33. The average Bonchev–Trinajstić information content (AvgIpc) is 2.81. The quantitative estimate of drug-likeness (QED) is 0.939. The average molecular weight is 307 g/mol. The van der Waals surface area contributed by atoms with Gasteiger partial charge in [0.2, 0.25) is 0 Å². The molecule has 21 heavy (non-hydrogen) atoms. The van der Waals surface area contributed by atoms with Crippen LogP contribution in [-0.2, 0) is 4.74 Å². The van der Waals surface area contributed by atoms with Crippen molar-refractivity contribution in [3.05, 3.63) is 16.8 Å². The minimum absolute atomic E-state index is 0.0973. The van der Waals surface area contributed by atoms with Crippen LogP contribution in [0.25, 0.3) is 10.2 Å². The minimum atomic E-state index is 0.0973. The van der Waals surface area contributed by atoms with Crippen LogP contribution in [0.1, 0.15) is 23.3 Å². The topological polar surface area (TPSA) is 58.5 Å². The van der Waals surface area contributed by atoms with E-state index in [0.29, 0.717) is 6.61 Å². The number of aliphatic hydroxyl groups is 1. The van der Waals surface area contributed by atoms with Gasteiger partial charge in [-0.3, -0.25) is 0 Å². The second kappa shape index (κ2) is 6.25. The van der Waals surface area contributed by atoms with Gasteiger partial charge in [0.05, 0.1) is 24.7 Å². The van der Waals surface area contributed by atoms with Crippen molar-refractivity contribution in [1.82, 2.24) is 9.97 Å². The molecular formula is C15H21N3O2S. The van der Waals surface area contributed by atoms with E-state index in [1.807, 2.05) is 0 Å². The number of aromatic nitrogens is 2. The number of hydrogen-bond donors (Lipinski definition) is 1. The van der Waals surface area contributed by atoms with Crippen LogP contribution in [0.15, 0.2) is 6.33 Å². The van der Waals surface area contributed by atoms with Gasteiger partial charge in [0, 0.05) is 18.0 Å². The second-order valence-corrected chi connectivity index (χ2v) is 6.64. The number of piperidine rings is 1. The molecule has 0 bridgehead atoms. The van der Waals surface area contributed by atoms with Crippen LogP contribution in [0.5, 0.6) is 0 Å². The van der Waals surface area contributed by atoms with Gasteiger partial charge in [-0.05, 0) is 32.3 Å². The molecule has 114 valence electrons. The molecule has 3 rings (SSSR count). The predicted molar refractivity (Wildman–Crippen MR) is 85.2 cm³/mol. The van der Waals surface area contributed by atoms with Crippen molar-refractivity contribution in [3.8, 4) is 0 Å². The Bertz CT molecular complexity index is 621. The molecule has 3 heterocycles. The van der Waals surface area contributed by atoms with Gasteiger partial charge >= 0.3 is 0 Å². The number of anilines is 1. The van der Waals surface area contributed by atoms with Crippen LogP contribution < -0.4 is 4.90 Å². The molecule has 1 aliphatic heterocycles. The highest BCUT2D eigenvalue weighted by Gasteiger charge is 2.23. The van der Waals surface area contributed by atoms with Gasteiger partial charge in [-0.25, -0.2) is 9.97 Å². The summed E-state index contributed by atoms with van der Waals surface area (Å²) in [5, 5.41) is 10.0. The molecule has 1 saturated heterocycles. The number of ether oxygens (including phenoxy) is 1. The van der Waals surface area contributed by atoms with Crippen LogP contribution in [0.3, 0.4) is 0 Å². The fourth-order valence-electron chi connectivity index (χ4n) is 2.86. The van der Waals surface area contributed by atoms with Gasteiger partial charge in [0.25, 0.3) is 0 Å². The Labute approximate surface area is 128 Å². The number of hydrogen-bond acceptors (Lipinski definition) is 6. The van der Waals surface area contributed by atoms with Gasteiger partial charge in [0.15, 0.2) is 0 Å². The summed E-state index contributed by atoms with van der Waals surface area (Å²) < 4.78 is 5.62. The maximum atomic E-state index is 8.83. The number of rotatable bonds is 4. The molecule has 6 heteroatoms. The Hall–Kier alpha value is -1.24. The summed E-state index contributed by atoms with van der Waals surface area (Å²) in [6.07, 6.45) is 3.89. The van der Waals surface area contributed by atoms with Gasteiger partial charge in [-0.15, -0.1) is 11.3 Å². The first-order valence-corrected chi connectivity index (χ1v) is 8.20. The zero-order chi connectivity index (χ0) is 14.8. The highest BCUT2D eigenvalue weighted by atomic mass is 32.1. The van der Waals surface area contributed by atoms with E-state index >= 15 is 0 Å². The Morgan fingerprint density at radius 2 is 2.10 bits per heavy atom. The summed E-state index contributed by atoms with van der Waals surface area (Å²) in [6, 6.07) is 0. The summed E-state index contributed by atoms with van der Waals surface area (Å²) >= 11 is 1.74. The highest BCUT2D eigenvalue weighted by molar-refractivity contribution is 7.18. The molecule has 0 aromatic carbocycles. The molecule has 2 aromatic heterocycles. The Kier molecular flexibility index (Phi) is 4.37. The summed E-state index contributed by atoms with van der Waals surface area (Å²) in [6.45, 7) is 6.71. The van der Waals surface area contributed by atoms with Gasteiger partial charge < -0.3 is 14.7 Å². The largest absolute Gasteiger partial charge is 0.394 e. The number of aryl methyl sites for hydroxylation is 2. The lowest BCUT2D eigenvalue weighted by Crippen LogP contribution is -2.38. The third-order valence-corrected chi connectivity index (χ3v) is 5.25. The molecule has 0 radical (unpaired) electrons. The summed E-state index contributed by atoms with van der Waals surface area (Å²) in [4.78, 5) is 13.7. The molecule has 0 amide bonds. The second-order valence-electron chi connectivity index (χ2n) is 5.44. The number of fused-ring (bicyclic) bond motifs is 1. The first-order chi connectivity index (χ1) is 10.2. The number of thiophene rings is 1. The van der Waals surface area contributed by atoms with Gasteiger partial charge in [-0.1, -0.05) is 0 Å². The van der Waals surface area contributed by atoms with Gasteiger partial charge in [-0.2, -0.15) is 0 Å². The predicted octanol–water partition coefficient (Wildman–Crippen LogP) is 2.29. The third-order valence-electron chi connectivity index (χ3n) is 4.13. The van der Waals surface area contributed by atoms with Crippen molar-refractivity contribution in [2.45, 2.75) is 32.8 Å². The number of aliphatic hydroxyl groups excluding tert-OH is 1. The standard InChI is InChI=1S/C15H21N3O2S/c1-10-11(2)21-15-13(10)14(16-9-17-15)18-5-3-12(4-6-18)20-8-7-19/h9,12,19H,3-8H2,1-2H3. The van der Waals surface area contributed by atoms with E-state index in [2.05, 4.69) is 28.7 Å². The van der Waals surface area contributed by atoms with Gasteiger partial charge in [0.1, 0.15) is 17.0 Å².